The van der Waals surface area contributed by atoms with Gasteiger partial charge in [0.05, 0.1) is 5.02 Å². The van der Waals surface area contributed by atoms with E-state index < -0.39 is 0 Å². The van der Waals surface area contributed by atoms with E-state index in [2.05, 4.69) is 25.9 Å². The number of nitrogens with one attached hydrogen (secondary N) is 2. The summed E-state index contributed by atoms with van der Waals surface area (Å²) in [6.07, 6.45) is 0. The van der Waals surface area contributed by atoms with E-state index in [4.69, 9.17) is 27.9 Å². The summed E-state index contributed by atoms with van der Waals surface area (Å²) in [5.41, 5.74) is 1.32. The quantitative estimate of drug-likeness (QED) is 0.725. The Bertz CT molecular complexity index is 855. The fraction of sp³-hybridized carbons (Fsp3) is 0.0667. The number of hydrogen-bond donors (Lipinski definition) is 2. The second kappa shape index (κ2) is 7.29. The molecule has 3 aromatic rings. The Morgan fingerprint density at radius 1 is 1.21 bits per heavy atom. The fourth-order valence-corrected chi connectivity index (χ4v) is 2.42. The van der Waals surface area contributed by atoms with Crippen LogP contribution in [0, 0.1) is 0 Å². The van der Waals surface area contributed by atoms with E-state index >= 15 is 0 Å². The van der Waals surface area contributed by atoms with Crippen LogP contribution in [0.3, 0.4) is 0 Å². The van der Waals surface area contributed by atoms with Gasteiger partial charge >= 0.3 is 0 Å². The molecule has 2 aromatic carbocycles. The van der Waals surface area contributed by atoms with Crippen LogP contribution in [-0.2, 0) is 4.79 Å². The van der Waals surface area contributed by atoms with Crippen LogP contribution >= 0.6 is 23.2 Å². The standard InChI is InChI=1S/C15H11Cl2N5O2/c16-10-4-5-13(12(17)7-10)24-8-14(23)18-11-3-1-2-9(6-11)15-19-21-22-20-15/h1-7H,8H2,(H,18,23)(H,19,20,21,22). The van der Waals surface area contributed by atoms with Gasteiger partial charge in [0.15, 0.2) is 6.61 Å². The van der Waals surface area contributed by atoms with Crippen LogP contribution in [0.5, 0.6) is 5.75 Å². The van der Waals surface area contributed by atoms with Gasteiger partial charge in [-0.1, -0.05) is 35.3 Å². The number of nitrogens with zero attached hydrogens (tertiary/aromatic N) is 3. The Morgan fingerprint density at radius 2 is 2.08 bits per heavy atom. The summed E-state index contributed by atoms with van der Waals surface area (Å²) in [5, 5.41) is 17.2. The van der Waals surface area contributed by atoms with Crippen molar-refractivity contribution in [2.75, 3.05) is 11.9 Å². The second-order valence-electron chi connectivity index (χ2n) is 4.73. The van der Waals surface area contributed by atoms with E-state index in [0.29, 0.717) is 27.3 Å². The van der Waals surface area contributed by atoms with Crippen molar-refractivity contribution in [2.24, 2.45) is 0 Å². The predicted molar refractivity (Wildman–Crippen MR) is 90.2 cm³/mol. The van der Waals surface area contributed by atoms with Crippen molar-refractivity contribution in [3.05, 3.63) is 52.5 Å². The topological polar surface area (TPSA) is 92.8 Å². The average molecular weight is 364 g/mol. The highest BCUT2D eigenvalue weighted by Gasteiger charge is 2.09. The molecular weight excluding hydrogens is 353 g/mol. The van der Waals surface area contributed by atoms with Gasteiger partial charge in [0.2, 0.25) is 5.82 Å². The van der Waals surface area contributed by atoms with Crippen molar-refractivity contribution in [1.29, 1.82) is 0 Å². The lowest BCUT2D eigenvalue weighted by Crippen LogP contribution is -2.20. The molecule has 0 atom stereocenters. The van der Waals surface area contributed by atoms with E-state index in [9.17, 15) is 4.79 Å². The second-order valence-corrected chi connectivity index (χ2v) is 5.57. The van der Waals surface area contributed by atoms with Crippen LogP contribution in [0.25, 0.3) is 11.4 Å². The van der Waals surface area contributed by atoms with Gasteiger partial charge in [0.1, 0.15) is 5.75 Å². The first-order valence-corrected chi connectivity index (χ1v) is 7.59. The molecule has 122 valence electrons. The molecule has 0 spiro atoms. The van der Waals surface area contributed by atoms with E-state index in [1.807, 2.05) is 6.07 Å². The highest BCUT2D eigenvalue weighted by Crippen LogP contribution is 2.27. The zero-order valence-electron chi connectivity index (χ0n) is 12.2. The number of amides is 1. The third-order valence-electron chi connectivity index (χ3n) is 3.00. The van der Waals surface area contributed by atoms with Gasteiger partial charge < -0.3 is 10.1 Å². The van der Waals surface area contributed by atoms with Crippen LogP contribution in [0.2, 0.25) is 10.0 Å². The van der Waals surface area contributed by atoms with E-state index in [-0.39, 0.29) is 12.5 Å². The van der Waals surface area contributed by atoms with Crippen molar-refractivity contribution in [2.45, 2.75) is 0 Å². The van der Waals surface area contributed by atoms with Crippen molar-refractivity contribution in [3.8, 4) is 17.1 Å². The summed E-state index contributed by atoms with van der Waals surface area (Å²) in [6.45, 7) is -0.187. The van der Waals surface area contributed by atoms with Gasteiger partial charge in [-0.05, 0) is 35.5 Å². The predicted octanol–water partition coefficient (Wildman–Crippen LogP) is 3.19. The molecule has 3 rings (SSSR count). The summed E-state index contributed by atoms with van der Waals surface area (Å²) in [7, 11) is 0. The summed E-state index contributed by atoms with van der Waals surface area (Å²) >= 11 is 11.8. The minimum atomic E-state index is -0.328. The van der Waals surface area contributed by atoms with Crippen molar-refractivity contribution >= 4 is 34.8 Å². The SMILES string of the molecule is O=C(COc1ccc(Cl)cc1Cl)Nc1cccc(-c2nn[nH]n2)c1. The van der Waals surface area contributed by atoms with E-state index in [1.54, 1.807) is 36.4 Å². The molecule has 1 aromatic heterocycles. The maximum atomic E-state index is 12.0. The molecule has 0 saturated heterocycles. The number of H-pyrrole nitrogens is 1. The largest absolute Gasteiger partial charge is 0.482 e. The number of carbonyl (C=O) groups excluding carboxylic acids is 1. The first kappa shape index (κ1) is 16.2. The summed E-state index contributed by atoms with van der Waals surface area (Å²) in [6, 6.07) is 11.9. The molecule has 0 radical (unpaired) electrons. The minimum absolute atomic E-state index is 0.187. The normalized spacial score (nSPS) is 10.4. The molecule has 0 saturated carbocycles. The molecule has 24 heavy (non-hydrogen) atoms. The third-order valence-corrected chi connectivity index (χ3v) is 3.53. The van der Waals surface area contributed by atoms with Gasteiger partial charge in [-0.15, -0.1) is 10.2 Å². The Kier molecular flexibility index (Phi) is 4.93. The zero-order chi connectivity index (χ0) is 16.9. The maximum Gasteiger partial charge on any atom is 0.262 e. The molecule has 0 aliphatic heterocycles. The van der Waals surface area contributed by atoms with Crippen molar-refractivity contribution in [3.63, 3.8) is 0 Å². The highest BCUT2D eigenvalue weighted by atomic mass is 35.5. The van der Waals surface area contributed by atoms with Gasteiger partial charge in [0, 0.05) is 16.3 Å². The average Bonchev–Trinajstić information content (AvgIpc) is 3.09. The van der Waals surface area contributed by atoms with Gasteiger partial charge in [0.25, 0.3) is 5.91 Å². The smallest absolute Gasteiger partial charge is 0.262 e. The number of carbonyl (C=O) groups is 1. The highest BCUT2D eigenvalue weighted by molar-refractivity contribution is 6.35. The monoisotopic (exact) mass is 363 g/mol. The number of aromatic nitrogens is 4. The van der Waals surface area contributed by atoms with Gasteiger partial charge in [-0.3, -0.25) is 4.79 Å². The van der Waals surface area contributed by atoms with Crippen LogP contribution in [-0.4, -0.2) is 33.1 Å². The molecule has 0 bridgehead atoms. The number of ether oxygens (including phenoxy) is 1. The Morgan fingerprint density at radius 3 is 2.83 bits per heavy atom. The summed E-state index contributed by atoms with van der Waals surface area (Å²) in [4.78, 5) is 12.0. The molecule has 7 nitrogen and oxygen atoms in total. The molecule has 0 unspecified atom stereocenters. The van der Waals surface area contributed by atoms with Crippen molar-refractivity contribution < 1.29 is 9.53 Å². The minimum Gasteiger partial charge on any atom is -0.482 e. The lowest BCUT2D eigenvalue weighted by atomic mass is 10.2. The van der Waals surface area contributed by atoms with Crippen LogP contribution in [0.4, 0.5) is 5.69 Å². The number of anilines is 1. The molecule has 1 heterocycles. The number of rotatable bonds is 5. The first-order valence-electron chi connectivity index (χ1n) is 6.83. The van der Waals surface area contributed by atoms with Crippen LogP contribution in [0.15, 0.2) is 42.5 Å². The number of hydrogen-bond acceptors (Lipinski definition) is 5. The molecule has 0 aliphatic carbocycles. The molecule has 1 amide bonds. The number of aromatic amines is 1. The summed E-state index contributed by atoms with van der Waals surface area (Å²) < 4.78 is 5.39. The lowest BCUT2D eigenvalue weighted by Gasteiger charge is -2.09. The van der Waals surface area contributed by atoms with Crippen LogP contribution in [0.1, 0.15) is 0 Å². The number of tetrazole rings is 1. The Balaban J connectivity index is 1.62. The van der Waals surface area contributed by atoms with Crippen molar-refractivity contribution in [1.82, 2.24) is 20.6 Å². The molecule has 0 fully saturated rings. The molecular formula is C15H11Cl2N5O2. The Hall–Kier alpha value is -2.64. The zero-order valence-corrected chi connectivity index (χ0v) is 13.7. The molecule has 9 heteroatoms. The fourth-order valence-electron chi connectivity index (χ4n) is 1.95. The third kappa shape index (κ3) is 4.01. The Labute approximate surface area is 146 Å². The lowest BCUT2D eigenvalue weighted by molar-refractivity contribution is -0.118. The summed E-state index contributed by atoms with van der Waals surface area (Å²) in [5.74, 6) is 0.498. The van der Waals surface area contributed by atoms with Gasteiger partial charge in [-0.25, -0.2) is 0 Å². The van der Waals surface area contributed by atoms with E-state index in [1.165, 1.54) is 0 Å². The van der Waals surface area contributed by atoms with Crippen LogP contribution < -0.4 is 10.1 Å². The number of halogens is 2. The van der Waals surface area contributed by atoms with Gasteiger partial charge in [-0.2, -0.15) is 5.21 Å². The number of benzene rings is 2. The maximum absolute atomic E-state index is 12.0. The van der Waals surface area contributed by atoms with E-state index in [0.717, 1.165) is 5.56 Å². The first-order chi connectivity index (χ1) is 11.6. The molecule has 2 N–H and O–H groups in total. The molecule has 0 aliphatic rings.